The molecule has 1 atom stereocenters. The number of hydrogen-bond acceptors (Lipinski definition) is 3. The van der Waals surface area contributed by atoms with Crippen LogP contribution in [-0.4, -0.2) is 25.5 Å². The topological polar surface area (TPSA) is 83.5 Å². The van der Waals surface area contributed by atoms with Gasteiger partial charge in [0.25, 0.3) is 0 Å². The van der Waals surface area contributed by atoms with Crippen molar-refractivity contribution in [3.05, 3.63) is 28.5 Å². The molecule has 1 rings (SSSR count). The molecule has 1 unspecified atom stereocenters. The molecule has 0 spiro atoms. The molecule has 0 amide bonds. The fourth-order valence-corrected chi connectivity index (χ4v) is 2.78. The van der Waals surface area contributed by atoms with E-state index in [0.717, 1.165) is 6.07 Å². The molecule has 2 N–H and O–H groups in total. The predicted molar refractivity (Wildman–Crippen MR) is 66.1 cm³/mol. The van der Waals surface area contributed by atoms with Gasteiger partial charge in [0.1, 0.15) is 5.82 Å². The molecule has 5 nitrogen and oxygen atoms in total. The largest absolute Gasteiger partial charge is 0.481 e. The molecule has 0 fully saturated rings. The minimum absolute atomic E-state index is 0.153. The molecule has 100 valence electrons. The van der Waals surface area contributed by atoms with Crippen LogP contribution in [0.1, 0.15) is 13.3 Å². The number of carbonyl (C=O) groups is 1. The molecule has 0 heterocycles. The van der Waals surface area contributed by atoms with Crippen LogP contribution in [0.3, 0.4) is 0 Å². The lowest BCUT2D eigenvalue weighted by atomic mass is 10.3. The lowest BCUT2D eigenvalue weighted by Crippen LogP contribution is -2.34. The van der Waals surface area contributed by atoms with Crippen molar-refractivity contribution >= 4 is 31.9 Å². The van der Waals surface area contributed by atoms with Crippen molar-refractivity contribution in [2.45, 2.75) is 24.3 Å². The second-order valence-corrected chi connectivity index (χ2v) is 6.26. The molecule has 8 heteroatoms. The van der Waals surface area contributed by atoms with Crippen LogP contribution >= 0.6 is 15.9 Å². The Morgan fingerprint density at radius 1 is 1.56 bits per heavy atom. The van der Waals surface area contributed by atoms with Crippen LogP contribution in [0.25, 0.3) is 0 Å². The number of sulfonamides is 1. The van der Waals surface area contributed by atoms with Crippen molar-refractivity contribution in [2.24, 2.45) is 0 Å². The van der Waals surface area contributed by atoms with Crippen LogP contribution in [0.2, 0.25) is 0 Å². The minimum Gasteiger partial charge on any atom is -0.481 e. The molecule has 18 heavy (non-hydrogen) atoms. The molecule has 0 aromatic heterocycles. The van der Waals surface area contributed by atoms with Crippen LogP contribution in [-0.2, 0) is 14.8 Å². The Morgan fingerprint density at radius 2 is 2.17 bits per heavy atom. The van der Waals surface area contributed by atoms with E-state index >= 15 is 0 Å². The number of benzene rings is 1. The van der Waals surface area contributed by atoms with Gasteiger partial charge < -0.3 is 5.11 Å². The van der Waals surface area contributed by atoms with Gasteiger partial charge in [0, 0.05) is 6.04 Å². The number of halogens is 2. The summed E-state index contributed by atoms with van der Waals surface area (Å²) in [5.74, 6) is -1.82. The quantitative estimate of drug-likeness (QED) is 0.855. The van der Waals surface area contributed by atoms with Gasteiger partial charge in [-0.3, -0.25) is 4.79 Å². The monoisotopic (exact) mass is 339 g/mol. The summed E-state index contributed by atoms with van der Waals surface area (Å²) in [6.45, 7) is 1.42. The number of carboxylic acid groups (broad SMARTS) is 1. The van der Waals surface area contributed by atoms with Crippen molar-refractivity contribution in [3.63, 3.8) is 0 Å². The molecule has 0 aliphatic rings. The Hall–Kier alpha value is -0.990. The summed E-state index contributed by atoms with van der Waals surface area (Å²) in [5, 5.41) is 8.53. The Bertz CT molecular complexity index is 561. The van der Waals surface area contributed by atoms with E-state index in [0.29, 0.717) is 0 Å². The number of carboxylic acids is 1. The third-order valence-corrected chi connectivity index (χ3v) is 4.27. The van der Waals surface area contributed by atoms with Gasteiger partial charge in [-0.2, -0.15) is 0 Å². The second kappa shape index (κ2) is 5.77. The van der Waals surface area contributed by atoms with Gasteiger partial charge in [-0.25, -0.2) is 17.5 Å². The Kier molecular flexibility index (Phi) is 4.83. The van der Waals surface area contributed by atoms with Crippen molar-refractivity contribution in [1.82, 2.24) is 4.72 Å². The Balaban J connectivity index is 2.92. The van der Waals surface area contributed by atoms with Crippen LogP contribution in [0.4, 0.5) is 4.39 Å². The van der Waals surface area contributed by atoms with Crippen molar-refractivity contribution < 1.29 is 22.7 Å². The second-order valence-electron chi connectivity index (χ2n) is 3.70. The van der Waals surface area contributed by atoms with E-state index in [4.69, 9.17) is 5.11 Å². The Labute approximate surface area is 112 Å². The zero-order chi connectivity index (χ0) is 13.9. The normalized spacial score (nSPS) is 13.3. The van der Waals surface area contributed by atoms with Crippen molar-refractivity contribution in [1.29, 1.82) is 0 Å². The van der Waals surface area contributed by atoms with E-state index < -0.39 is 27.9 Å². The molecule has 1 aromatic carbocycles. The molecule has 0 saturated heterocycles. The molecular weight excluding hydrogens is 329 g/mol. The van der Waals surface area contributed by atoms with Gasteiger partial charge >= 0.3 is 5.97 Å². The fraction of sp³-hybridized carbons (Fsp3) is 0.300. The average Bonchev–Trinajstić information content (AvgIpc) is 2.19. The van der Waals surface area contributed by atoms with Gasteiger partial charge in [0.05, 0.1) is 15.8 Å². The summed E-state index contributed by atoms with van der Waals surface area (Å²) in [6, 6.07) is 2.58. The highest BCUT2D eigenvalue weighted by Gasteiger charge is 2.20. The SMILES string of the molecule is CC(CC(=O)O)NS(=O)(=O)c1ccc(Br)c(F)c1. The average molecular weight is 340 g/mol. The molecule has 0 aliphatic heterocycles. The molecule has 0 aliphatic carbocycles. The molecule has 0 bridgehead atoms. The van der Waals surface area contributed by atoms with Crippen LogP contribution in [0.15, 0.2) is 27.6 Å². The van der Waals surface area contributed by atoms with Crippen molar-refractivity contribution in [2.75, 3.05) is 0 Å². The van der Waals surface area contributed by atoms with Crippen LogP contribution < -0.4 is 4.72 Å². The van der Waals surface area contributed by atoms with E-state index in [-0.39, 0.29) is 15.8 Å². The highest BCUT2D eigenvalue weighted by molar-refractivity contribution is 9.10. The number of hydrogen-bond donors (Lipinski definition) is 2. The summed E-state index contributed by atoms with van der Waals surface area (Å²) in [5.41, 5.74) is 0. The maximum Gasteiger partial charge on any atom is 0.304 e. The molecule has 0 radical (unpaired) electrons. The first-order chi connectivity index (χ1) is 8.22. The maximum atomic E-state index is 13.2. The molecule has 1 aromatic rings. The number of rotatable bonds is 5. The lowest BCUT2D eigenvalue weighted by molar-refractivity contribution is -0.137. The van der Waals surface area contributed by atoms with Gasteiger partial charge in [-0.1, -0.05) is 0 Å². The summed E-state index contributed by atoms with van der Waals surface area (Å²) in [6.07, 6.45) is -0.349. The van der Waals surface area contributed by atoms with Gasteiger partial charge in [-0.15, -0.1) is 0 Å². The minimum atomic E-state index is -3.92. The first-order valence-electron chi connectivity index (χ1n) is 4.91. The number of aliphatic carboxylic acids is 1. The summed E-state index contributed by atoms with van der Waals surface area (Å²) >= 11 is 2.91. The van der Waals surface area contributed by atoms with Crippen LogP contribution in [0, 0.1) is 5.82 Å². The van der Waals surface area contributed by atoms with E-state index in [2.05, 4.69) is 20.7 Å². The van der Waals surface area contributed by atoms with Crippen LogP contribution in [0.5, 0.6) is 0 Å². The highest BCUT2D eigenvalue weighted by Crippen LogP contribution is 2.19. The summed E-state index contributed by atoms with van der Waals surface area (Å²) in [7, 11) is -3.92. The maximum absolute atomic E-state index is 13.2. The van der Waals surface area contributed by atoms with Gasteiger partial charge in [-0.05, 0) is 41.1 Å². The van der Waals surface area contributed by atoms with E-state index in [9.17, 15) is 17.6 Å². The zero-order valence-electron chi connectivity index (χ0n) is 9.35. The predicted octanol–water partition coefficient (Wildman–Crippen LogP) is 1.73. The van der Waals surface area contributed by atoms with E-state index in [1.165, 1.54) is 19.1 Å². The first-order valence-corrected chi connectivity index (χ1v) is 7.19. The summed E-state index contributed by atoms with van der Waals surface area (Å²) < 4.78 is 39.1. The molecule has 0 saturated carbocycles. The van der Waals surface area contributed by atoms with Crippen molar-refractivity contribution in [3.8, 4) is 0 Å². The highest BCUT2D eigenvalue weighted by atomic mass is 79.9. The lowest BCUT2D eigenvalue weighted by Gasteiger charge is -2.12. The third-order valence-electron chi connectivity index (χ3n) is 2.04. The summed E-state index contributed by atoms with van der Waals surface area (Å²) in [4.78, 5) is 10.2. The Morgan fingerprint density at radius 3 is 2.67 bits per heavy atom. The number of nitrogens with one attached hydrogen (secondary N) is 1. The van der Waals surface area contributed by atoms with E-state index in [1.54, 1.807) is 0 Å². The van der Waals surface area contributed by atoms with Gasteiger partial charge in [0.2, 0.25) is 10.0 Å². The smallest absolute Gasteiger partial charge is 0.304 e. The zero-order valence-corrected chi connectivity index (χ0v) is 11.8. The van der Waals surface area contributed by atoms with E-state index in [1.807, 2.05) is 0 Å². The first kappa shape index (κ1) is 15.1. The third kappa shape index (κ3) is 4.04. The molecular formula is C10H11BrFNO4S. The standard InChI is InChI=1S/C10H11BrFNO4S/c1-6(4-10(14)15)13-18(16,17)7-2-3-8(11)9(12)5-7/h2-3,5-6,13H,4H2,1H3,(H,14,15). The fourth-order valence-electron chi connectivity index (χ4n) is 1.28. The van der Waals surface area contributed by atoms with Gasteiger partial charge in [0.15, 0.2) is 0 Å².